The van der Waals surface area contributed by atoms with Crippen molar-refractivity contribution < 1.29 is 18.4 Å². The number of hydrogen-bond donors (Lipinski definition) is 0. The summed E-state index contributed by atoms with van der Waals surface area (Å²) in [6, 6.07) is 11.7. The minimum Gasteiger partial charge on any atom is -0.484 e. The van der Waals surface area contributed by atoms with Crippen LogP contribution < -0.4 is 4.74 Å². The van der Waals surface area contributed by atoms with E-state index in [1.54, 1.807) is 29.3 Å². The Kier molecular flexibility index (Phi) is 5.06. The van der Waals surface area contributed by atoms with Crippen molar-refractivity contribution in [2.75, 3.05) is 13.1 Å². The van der Waals surface area contributed by atoms with Crippen LogP contribution in [0.5, 0.6) is 5.75 Å². The Balaban J connectivity index is 1.35. The fourth-order valence-corrected chi connectivity index (χ4v) is 3.29. The lowest BCUT2D eigenvalue weighted by atomic mass is 9.99. The number of likely N-dealkylation sites (tertiary alicyclic amines) is 1. The van der Waals surface area contributed by atoms with Crippen molar-refractivity contribution in [1.29, 1.82) is 0 Å². The summed E-state index contributed by atoms with van der Waals surface area (Å²) >= 11 is 0. The molecule has 4 rings (SSSR count). The van der Waals surface area contributed by atoms with E-state index in [-0.39, 0.29) is 29.9 Å². The van der Waals surface area contributed by atoms with Gasteiger partial charge in [-0.05, 0) is 43.2 Å². The third-order valence-corrected chi connectivity index (χ3v) is 4.86. The number of carbonyl (C=O) groups is 1. The fourth-order valence-electron chi connectivity index (χ4n) is 3.29. The standard InChI is InChI=1S/C21H20FN3O3/c1-14-2-7-18(11-23-14)27-13-19-10-20(24-28-19)21(26)25-9-8-16(12-25)15-3-5-17(22)6-4-15/h2-7,10-11,16H,8-9,12-13H2,1H3. The zero-order chi connectivity index (χ0) is 19.5. The molecule has 2 aromatic heterocycles. The Hall–Kier alpha value is -3.22. The second-order valence-corrected chi connectivity index (χ2v) is 6.89. The van der Waals surface area contributed by atoms with Gasteiger partial charge in [0, 0.05) is 30.8 Å². The van der Waals surface area contributed by atoms with Gasteiger partial charge in [-0.3, -0.25) is 9.78 Å². The first kappa shape index (κ1) is 18.2. The van der Waals surface area contributed by atoms with Gasteiger partial charge in [-0.2, -0.15) is 0 Å². The van der Waals surface area contributed by atoms with E-state index >= 15 is 0 Å². The molecule has 0 radical (unpaired) electrons. The molecule has 144 valence electrons. The molecule has 1 aliphatic heterocycles. The van der Waals surface area contributed by atoms with E-state index in [1.807, 2.05) is 19.1 Å². The molecular formula is C21H20FN3O3. The lowest BCUT2D eigenvalue weighted by Gasteiger charge is -2.15. The van der Waals surface area contributed by atoms with Crippen LogP contribution in [-0.2, 0) is 6.61 Å². The monoisotopic (exact) mass is 381 g/mol. The Morgan fingerprint density at radius 2 is 2.11 bits per heavy atom. The van der Waals surface area contributed by atoms with Crippen molar-refractivity contribution in [1.82, 2.24) is 15.0 Å². The predicted molar refractivity (Wildman–Crippen MR) is 99.5 cm³/mol. The average Bonchev–Trinajstić information content (AvgIpc) is 3.38. The van der Waals surface area contributed by atoms with Gasteiger partial charge in [-0.15, -0.1) is 0 Å². The van der Waals surface area contributed by atoms with E-state index in [9.17, 15) is 9.18 Å². The van der Waals surface area contributed by atoms with Crippen LogP contribution in [0.15, 0.2) is 53.2 Å². The molecule has 6 nitrogen and oxygen atoms in total. The number of aryl methyl sites for hydroxylation is 1. The number of ether oxygens (including phenoxy) is 1. The topological polar surface area (TPSA) is 68.5 Å². The van der Waals surface area contributed by atoms with Crippen molar-refractivity contribution in [2.45, 2.75) is 25.9 Å². The summed E-state index contributed by atoms with van der Waals surface area (Å²) < 4.78 is 23.9. The maximum absolute atomic E-state index is 13.1. The summed E-state index contributed by atoms with van der Waals surface area (Å²) in [5.41, 5.74) is 2.21. The third kappa shape index (κ3) is 4.03. The number of benzene rings is 1. The summed E-state index contributed by atoms with van der Waals surface area (Å²) in [5, 5.41) is 3.89. The number of pyridine rings is 1. The zero-order valence-electron chi connectivity index (χ0n) is 15.5. The lowest BCUT2D eigenvalue weighted by Crippen LogP contribution is -2.28. The van der Waals surface area contributed by atoms with Crippen molar-refractivity contribution in [3.8, 4) is 5.75 Å². The number of nitrogens with zero attached hydrogens (tertiary/aromatic N) is 3. The number of hydrogen-bond acceptors (Lipinski definition) is 5. The SMILES string of the molecule is Cc1ccc(OCc2cc(C(=O)N3CCC(c4ccc(F)cc4)C3)no2)cn1. The van der Waals surface area contributed by atoms with Crippen LogP contribution in [0.25, 0.3) is 0 Å². The molecule has 1 amide bonds. The van der Waals surface area contributed by atoms with Crippen molar-refractivity contribution in [3.63, 3.8) is 0 Å². The van der Waals surface area contributed by atoms with E-state index in [1.165, 1.54) is 12.1 Å². The van der Waals surface area contributed by atoms with Gasteiger partial charge in [0.25, 0.3) is 5.91 Å². The highest BCUT2D eigenvalue weighted by molar-refractivity contribution is 5.92. The fraction of sp³-hybridized carbons (Fsp3) is 0.286. The minimum atomic E-state index is -0.256. The largest absolute Gasteiger partial charge is 0.484 e. The molecule has 1 unspecified atom stereocenters. The molecule has 1 saturated heterocycles. The third-order valence-electron chi connectivity index (χ3n) is 4.86. The van der Waals surface area contributed by atoms with Crippen LogP contribution in [0.3, 0.4) is 0 Å². The molecule has 1 fully saturated rings. The molecule has 3 aromatic rings. The van der Waals surface area contributed by atoms with Crippen molar-refractivity contribution in [3.05, 3.63) is 77.2 Å². The number of rotatable bonds is 5. The second kappa shape index (κ2) is 7.80. The van der Waals surface area contributed by atoms with Crippen LogP contribution in [0, 0.1) is 12.7 Å². The molecule has 7 heteroatoms. The minimum absolute atomic E-state index is 0.170. The number of carbonyl (C=O) groups excluding carboxylic acids is 1. The summed E-state index contributed by atoms with van der Waals surface area (Å²) in [6.07, 6.45) is 2.48. The maximum Gasteiger partial charge on any atom is 0.276 e. The van der Waals surface area contributed by atoms with Gasteiger partial charge in [0.2, 0.25) is 0 Å². The molecular weight excluding hydrogens is 361 g/mol. The van der Waals surface area contributed by atoms with Gasteiger partial charge in [0.15, 0.2) is 11.5 Å². The summed E-state index contributed by atoms with van der Waals surface area (Å²) in [4.78, 5) is 18.6. The Morgan fingerprint density at radius 1 is 1.29 bits per heavy atom. The maximum atomic E-state index is 13.1. The first-order chi connectivity index (χ1) is 13.6. The number of aromatic nitrogens is 2. The van der Waals surface area contributed by atoms with Gasteiger partial charge < -0.3 is 14.2 Å². The Labute approximate surface area is 161 Å². The highest BCUT2D eigenvalue weighted by Crippen LogP contribution is 2.28. The zero-order valence-corrected chi connectivity index (χ0v) is 15.5. The van der Waals surface area contributed by atoms with Crippen LogP contribution >= 0.6 is 0 Å². The van der Waals surface area contributed by atoms with Gasteiger partial charge >= 0.3 is 0 Å². The highest BCUT2D eigenvalue weighted by atomic mass is 19.1. The summed E-state index contributed by atoms with van der Waals surface area (Å²) in [6.45, 7) is 3.28. The smallest absolute Gasteiger partial charge is 0.276 e. The summed E-state index contributed by atoms with van der Waals surface area (Å²) in [7, 11) is 0. The molecule has 0 saturated carbocycles. The van der Waals surface area contributed by atoms with E-state index in [2.05, 4.69) is 10.1 Å². The molecule has 0 spiro atoms. The average molecular weight is 381 g/mol. The number of amides is 1. The molecule has 0 bridgehead atoms. The van der Waals surface area contributed by atoms with Gasteiger partial charge in [-0.25, -0.2) is 4.39 Å². The van der Waals surface area contributed by atoms with Gasteiger partial charge in [-0.1, -0.05) is 17.3 Å². The summed E-state index contributed by atoms with van der Waals surface area (Å²) in [5.74, 6) is 0.869. The normalized spacial score (nSPS) is 16.4. The molecule has 0 N–H and O–H groups in total. The second-order valence-electron chi connectivity index (χ2n) is 6.89. The molecule has 1 atom stereocenters. The predicted octanol–water partition coefficient (Wildman–Crippen LogP) is 3.73. The van der Waals surface area contributed by atoms with Crippen LogP contribution in [-0.4, -0.2) is 34.0 Å². The quantitative estimate of drug-likeness (QED) is 0.674. The van der Waals surface area contributed by atoms with Crippen LogP contribution in [0.1, 0.15) is 39.8 Å². The molecule has 1 aromatic carbocycles. The van der Waals surface area contributed by atoms with Crippen molar-refractivity contribution in [2.24, 2.45) is 0 Å². The molecule has 3 heterocycles. The highest BCUT2D eigenvalue weighted by Gasteiger charge is 2.29. The first-order valence-electron chi connectivity index (χ1n) is 9.14. The number of halogens is 1. The molecule has 0 aliphatic carbocycles. The van der Waals surface area contributed by atoms with E-state index < -0.39 is 0 Å². The van der Waals surface area contributed by atoms with Gasteiger partial charge in [0.1, 0.15) is 18.2 Å². The Morgan fingerprint density at radius 3 is 2.86 bits per heavy atom. The van der Waals surface area contributed by atoms with Gasteiger partial charge in [0.05, 0.1) is 6.20 Å². The first-order valence-corrected chi connectivity index (χ1v) is 9.14. The van der Waals surface area contributed by atoms with Crippen LogP contribution in [0.4, 0.5) is 4.39 Å². The molecule has 28 heavy (non-hydrogen) atoms. The van der Waals surface area contributed by atoms with E-state index in [0.717, 1.165) is 17.7 Å². The van der Waals surface area contributed by atoms with E-state index in [4.69, 9.17) is 9.26 Å². The molecule has 1 aliphatic rings. The van der Waals surface area contributed by atoms with E-state index in [0.29, 0.717) is 24.6 Å². The van der Waals surface area contributed by atoms with Crippen molar-refractivity contribution >= 4 is 5.91 Å². The lowest BCUT2D eigenvalue weighted by molar-refractivity contribution is 0.0780. The Bertz CT molecular complexity index is 954. The van der Waals surface area contributed by atoms with Crippen LogP contribution in [0.2, 0.25) is 0 Å².